The maximum atomic E-state index is 11.5. The Balaban J connectivity index is 2.34. The van der Waals surface area contributed by atoms with Crippen LogP contribution in [0.4, 0.5) is 4.79 Å². The van der Waals surface area contributed by atoms with E-state index >= 15 is 0 Å². The number of rotatable bonds is 4. The minimum absolute atomic E-state index is 0.199. The lowest BCUT2D eigenvalue weighted by Crippen LogP contribution is -2.33. The molecule has 1 aromatic carbocycles. The fourth-order valence-corrected chi connectivity index (χ4v) is 3.32. The molecule has 1 saturated heterocycles. The molecular formula is C16H17Cl2NO5. The predicted molar refractivity (Wildman–Crippen MR) is 90.0 cm³/mol. The van der Waals surface area contributed by atoms with Crippen molar-refractivity contribution in [3.05, 3.63) is 39.9 Å². The number of amides is 1. The molecule has 1 aliphatic heterocycles. The van der Waals surface area contributed by atoms with Crippen molar-refractivity contribution in [1.82, 2.24) is 4.90 Å². The van der Waals surface area contributed by atoms with Gasteiger partial charge in [-0.2, -0.15) is 0 Å². The first-order valence-corrected chi connectivity index (χ1v) is 7.92. The average molecular weight is 374 g/mol. The Morgan fingerprint density at radius 1 is 1.33 bits per heavy atom. The number of esters is 1. The predicted octanol–water partition coefficient (Wildman–Crippen LogP) is 3.57. The van der Waals surface area contributed by atoms with E-state index in [2.05, 4.69) is 4.74 Å². The number of carboxylic acid groups (broad SMARTS) is 1. The summed E-state index contributed by atoms with van der Waals surface area (Å²) in [7, 11) is 2.78. The number of benzene rings is 1. The Labute approximate surface area is 149 Å². The lowest BCUT2D eigenvalue weighted by Gasteiger charge is -2.18. The number of hydrogen-bond donors (Lipinski definition) is 1. The molecule has 2 rings (SSSR count). The van der Waals surface area contributed by atoms with E-state index in [1.54, 1.807) is 12.1 Å². The number of methoxy groups -OCH3 is 2. The van der Waals surface area contributed by atoms with E-state index in [1.807, 2.05) is 0 Å². The zero-order valence-corrected chi connectivity index (χ0v) is 14.7. The zero-order valence-electron chi connectivity index (χ0n) is 13.2. The van der Waals surface area contributed by atoms with Gasteiger partial charge in [0.15, 0.2) is 0 Å². The molecule has 1 heterocycles. The van der Waals surface area contributed by atoms with Crippen molar-refractivity contribution >= 4 is 35.3 Å². The van der Waals surface area contributed by atoms with Crippen LogP contribution in [0.2, 0.25) is 10.0 Å². The first-order valence-electron chi connectivity index (χ1n) is 7.16. The van der Waals surface area contributed by atoms with Gasteiger partial charge in [-0.3, -0.25) is 0 Å². The molecule has 0 unspecified atom stereocenters. The van der Waals surface area contributed by atoms with Crippen LogP contribution >= 0.6 is 23.2 Å². The van der Waals surface area contributed by atoms with Crippen LogP contribution in [-0.4, -0.2) is 48.9 Å². The second-order valence-corrected chi connectivity index (χ2v) is 6.08. The van der Waals surface area contributed by atoms with Gasteiger partial charge in [-0.05, 0) is 18.6 Å². The third kappa shape index (κ3) is 3.76. The minimum Gasteiger partial charge on any atom is -0.496 e. The van der Waals surface area contributed by atoms with Crippen LogP contribution in [0.25, 0.3) is 0 Å². The SMILES string of the molecule is COC(=O)C=C[C@@H]1C[C@H](c2c(OC)ccc(Cl)c2Cl)CN1C(=O)O. The molecular weight excluding hydrogens is 357 g/mol. The highest BCUT2D eigenvalue weighted by molar-refractivity contribution is 6.42. The zero-order chi connectivity index (χ0) is 17.9. The third-order valence-corrected chi connectivity index (χ3v) is 4.78. The molecule has 1 aromatic rings. The number of carbonyl (C=O) groups is 2. The largest absolute Gasteiger partial charge is 0.496 e. The molecule has 1 aliphatic rings. The Hall–Kier alpha value is -1.92. The fraction of sp³-hybridized carbons (Fsp3) is 0.375. The molecule has 8 heteroatoms. The van der Waals surface area contributed by atoms with E-state index in [0.29, 0.717) is 27.8 Å². The van der Waals surface area contributed by atoms with Crippen LogP contribution in [0.5, 0.6) is 5.75 Å². The molecule has 1 fully saturated rings. The average Bonchev–Trinajstić information content (AvgIpc) is 2.98. The number of hydrogen-bond acceptors (Lipinski definition) is 4. The van der Waals surface area contributed by atoms with E-state index < -0.39 is 18.1 Å². The molecule has 0 radical (unpaired) electrons. The van der Waals surface area contributed by atoms with E-state index in [9.17, 15) is 14.7 Å². The first-order chi connectivity index (χ1) is 11.4. The summed E-state index contributed by atoms with van der Waals surface area (Å²) in [5, 5.41) is 10.1. The molecule has 6 nitrogen and oxygen atoms in total. The van der Waals surface area contributed by atoms with Crippen molar-refractivity contribution in [3.63, 3.8) is 0 Å². The maximum Gasteiger partial charge on any atom is 0.407 e. The molecule has 1 amide bonds. The van der Waals surface area contributed by atoms with Gasteiger partial charge >= 0.3 is 12.1 Å². The van der Waals surface area contributed by atoms with Gasteiger partial charge in [0.2, 0.25) is 0 Å². The van der Waals surface area contributed by atoms with Crippen molar-refractivity contribution in [3.8, 4) is 5.75 Å². The molecule has 130 valence electrons. The monoisotopic (exact) mass is 373 g/mol. The molecule has 0 aliphatic carbocycles. The normalized spacial score (nSPS) is 20.4. The van der Waals surface area contributed by atoms with Crippen LogP contribution in [0.1, 0.15) is 17.9 Å². The first kappa shape index (κ1) is 18.4. The quantitative estimate of drug-likeness (QED) is 0.644. The lowest BCUT2D eigenvalue weighted by atomic mass is 9.95. The van der Waals surface area contributed by atoms with Gasteiger partial charge in [-0.25, -0.2) is 9.59 Å². The van der Waals surface area contributed by atoms with Gasteiger partial charge in [0.1, 0.15) is 5.75 Å². The highest BCUT2D eigenvalue weighted by atomic mass is 35.5. The summed E-state index contributed by atoms with van der Waals surface area (Å²) in [5.41, 5.74) is 0.673. The minimum atomic E-state index is -1.07. The van der Waals surface area contributed by atoms with Gasteiger partial charge in [0, 0.05) is 24.1 Å². The Morgan fingerprint density at radius 2 is 2.04 bits per heavy atom. The number of nitrogens with zero attached hydrogens (tertiary/aromatic N) is 1. The summed E-state index contributed by atoms with van der Waals surface area (Å²) in [6.45, 7) is 0.224. The fourth-order valence-electron chi connectivity index (χ4n) is 2.84. The van der Waals surface area contributed by atoms with Crippen molar-refractivity contribution in [1.29, 1.82) is 0 Å². The van der Waals surface area contributed by atoms with E-state index in [-0.39, 0.29) is 12.5 Å². The van der Waals surface area contributed by atoms with Gasteiger partial charge in [0.05, 0.1) is 30.3 Å². The van der Waals surface area contributed by atoms with Gasteiger partial charge in [-0.15, -0.1) is 0 Å². The van der Waals surface area contributed by atoms with Crippen LogP contribution < -0.4 is 4.74 Å². The summed E-state index contributed by atoms with van der Waals surface area (Å²) in [6, 6.07) is 2.86. The van der Waals surface area contributed by atoms with E-state index in [4.69, 9.17) is 27.9 Å². The topological polar surface area (TPSA) is 76.1 Å². The van der Waals surface area contributed by atoms with Crippen LogP contribution in [0, 0.1) is 0 Å². The lowest BCUT2D eigenvalue weighted by molar-refractivity contribution is -0.134. The molecule has 24 heavy (non-hydrogen) atoms. The van der Waals surface area contributed by atoms with Crippen molar-refractivity contribution in [2.45, 2.75) is 18.4 Å². The van der Waals surface area contributed by atoms with Crippen LogP contribution in [0.15, 0.2) is 24.3 Å². The van der Waals surface area contributed by atoms with Gasteiger partial charge in [-0.1, -0.05) is 29.3 Å². The summed E-state index contributed by atoms with van der Waals surface area (Å²) < 4.78 is 9.88. The van der Waals surface area contributed by atoms with Crippen LogP contribution in [-0.2, 0) is 9.53 Å². The summed E-state index contributed by atoms with van der Waals surface area (Å²) in [4.78, 5) is 24.0. The van der Waals surface area contributed by atoms with E-state index in [1.165, 1.54) is 31.3 Å². The smallest absolute Gasteiger partial charge is 0.407 e. The Morgan fingerprint density at radius 3 is 2.62 bits per heavy atom. The van der Waals surface area contributed by atoms with Crippen LogP contribution in [0.3, 0.4) is 0 Å². The Kier molecular flexibility index (Phi) is 5.96. The second-order valence-electron chi connectivity index (χ2n) is 5.29. The van der Waals surface area contributed by atoms with Crippen molar-refractivity contribution in [2.24, 2.45) is 0 Å². The molecule has 0 bridgehead atoms. The number of halogens is 2. The van der Waals surface area contributed by atoms with E-state index in [0.717, 1.165) is 0 Å². The van der Waals surface area contributed by atoms with Gasteiger partial charge in [0.25, 0.3) is 0 Å². The molecule has 0 aromatic heterocycles. The molecule has 2 atom stereocenters. The molecule has 1 N–H and O–H groups in total. The standard InChI is InChI=1S/C16H17Cl2NO5/c1-23-12-5-4-11(17)15(18)14(12)9-7-10(3-6-13(20)24-2)19(8-9)16(21)22/h3-6,9-10H,7-8H2,1-2H3,(H,21,22)/t9-,10+/m0/s1. The summed E-state index contributed by atoms with van der Waals surface area (Å²) >= 11 is 12.4. The highest BCUT2D eigenvalue weighted by Crippen LogP contribution is 2.43. The summed E-state index contributed by atoms with van der Waals surface area (Å²) in [5.74, 6) is -0.186. The third-order valence-electron chi connectivity index (χ3n) is 3.97. The summed E-state index contributed by atoms with van der Waals surface area (Å²) in [6.07, 6.45) is 2.12. The number of ether oxygens (including phenoxy) is 2. The van der Waals surface area contributed by atoms with Crippen molar-refractivity contribution < 1.29 is 24.2 Å². The Bertz CT molecular complexity index is 677. The number of carbonyl (C=O) groups excluding carboxylic acids is 1. The molecule has 0 spiro atoms. The second kappa shape index (κ2) is 7.77. The number of likely N-dealkylation sites (tertiary alicyclic amines) is 1. The maximum absolute atomic E-state index is 11.5. The van der Waals surface area contributed by atoms with Crippen molar-refractivity contribution in [2.75, 3.05) is 20.8 Å². The van der Waals surface area contributed by atoms with Gasteiger partial charge < -0.3 is 19.5 Å². The highest BCUT2D eigenvalue weighted by Gasteiger charge is 2.37. The molecule has 0 saturated carbocycles.